The minimum Gasteiger partial charge on any atom is -0.304 e. The highest BCUT2D eigenvalue weighted by Crippen LogP contribution is 2.48. The second-order valence-electron chi connectivity index (χ2n) is 8.00. The van der Waals surface area contributed by atoms with Crippen LogP contribution in [0.4, 0.5) is 0 Å². The van der Waals surface area contributed by atoms with Gasteiger partial charge in [0.1, 0.15) is 0 Å². The van der Waals surface area contributed by atoms with Gasteiger partial charge < -0.3 is 9.80 Å². The number of piperazine rings is 1. The van der Waals surface area contributed by atoms with E-state index in [1.807, 2.05) is 12.1 Å². The first-order valence-electron chi connectivity index (χ1n) is 10.4. The van der Waals surface area contributed by atoms with Gasteiger partial charge in [-0.15, -0.1) is 0 Å². The van der Waals surface area contributed by atoms with Gasteiger partial charge in [-0.05, 0) is 61.8 Å². The maximum atomic E-state index is 12.5. The van der Waals surface area contributed by atoms with E-state index < -0.39 is 10.0 Å². The van der Waals surface area contributed by atoms with Gasteiger partial charge in [-0.1, -0.05) is 36.5 Å². The third-order valence-corrected chi connectivity index (χ3v) is 8.52. The third kappa shape index (κ3) is 4.59. The summed E-state index contributed by atoms with van der Waals surface area (Å²) in [6.07, 6.45) is 3.32. The molecule has 0 spiro atoms. The molecule has 0 aliphatic carbocycles. The summed E-state index contributed by atoms with van der Waals surface area (Å²) >= 11 is 1.73. The highest BCUT2D eigenvalue weighted by Gasteiger charge is 2.28. The van der Waals surface area contributed by atoms with Crippen LogP contribution in [0.25, 0.3) is 0 Å². The van der Waals surface area contributed by atoms with Crippen LogP contribution in [0.3, 0.4) is 0 Å². The van der Waals surface area contributed by atoms with Crippen LogP contribution in [0.1, 0.15) is 29.9 Å². The lowest BCUT2D eigenvalue weighted by Gasteiger charge is -2.33. The fourth-order valence-corrected chi connectivity index (χ4v) is 6.34. The monoisotopic (exact) mass is 443 g/mol. The van der Waals surface area contributed by atoms with Crippen molar-refractivity contribution < 1.29 is 8.42 Å². The summed E-state index contributed by atoms with van der Waals surface area (Å²) < 4.78 is 27.4. The van der Waals surface area contributed by atoms with E-state index in [-0.39, 0.29) is 5.92 Å². The molecule has 0 radical (unpaired) electrons. The summed E-state index contributed by atoms with van der Waals surface area (Å²) in [6, 6.07) is 14.0. The molecule has 1 unspecified atom stereocenters. The van der Waals surface area contributed by atoms with E-state index in [2.05, 4.69) is 52.4 Å². The van der Waals surface area contributed by atoms with Gasteiger partial charge in [0.05, 0.1) is 4.90 Å². The molecule has 5 nitrogen and oxygen atoms in total. The molecule has 1 atom stereocenters. The Bertz CT molecular complexity index is 1010. The number of nitrogens with one attached hydrogen (secondary N) is 1. The van der Waals surface area contributed by atoms with Crippen molar-refractivity contribution in [1.82, 2.24) is 14.5 Å². The maximum Gasteiger partial charge on any atom is 0.261 e. The first kappa shape index (κ1) is 21.4. The lowest BCUT2D eigenvalue weighted by Crippen LogP contribution is -2.44. The molecule has 7 heteroatoms. The molecule has 0 amide bonds. The van der Waals surface area contributed by atoms with E-state index in [4.69, 9.17) is 0 Å². The zero-order valence-corrected chi connectivity index (χ0v) is 19.0. The van der Waals surface area contributed by atoms with E-state index in [1.165, 1.54) is 16.7 Å². The molecule has 2 aromatic rings. The molecule has 30 heavy (non-hydrogen) atoms. The first-order chi connectivity index (χ1) is 14.5. The predicted molar refractivity (Wildman–Crippen MR) is 123 cm³/mol. The first-order valence-corrected chi connectivity index (χ1v) is 12.7. The van der Waals surface area contributed by atoms with Gasteiger partial charge in [0, 0.05) is 48.1 Å². The Kier molecular flexibility index (Phi) is 6.53. The molecule has 160 valence electrons. The molecule has 2 aliphatic heterocycles. The molecule has 0 aromatic heterocycles. The second kappa shape index (κ2) is 9.14. The number of benzene rings is 2. The van der Waals surface area contributed by atoms with Crippen LogP contribution in [-0.2, 0) is 10.0 Å². The van der Waals surface area contributed by atoms with Crippen molar-refractivity contribution >= 4 is 21.8 Å². The molecule has 2 heterocycles. The van der Waals surface area contributed by atoms with E-state index in [0.717, 1.165) is 56.0 Å². The highest BCUT2D eigenvalue weighted by molar-refractivity contribution is 7.99. The zero-order valence-electron chi connectivity index (χ0n) is 17.4. The van der Waals surface area contributed by atoms with Crippen LogP contribution in [0, 0.1) is 0 Å². The van der Waals surface area contributed by atoms with Gasteiger partial charge in [0.25, 0.3) is 10.0 Å². The van der Waals surface area contributed by atoms with E-state index in [0.29, 0.717) is 4.90 Å². The molecule has 2 aromatic carbocycles. The zero-order chi connectivity index (χ0) is 21.1. The van der Waals surface area contributed by atoms with E-state index in [1.54, 1.807) is 17.8 Å². The standard InChI is InChI=1S/C23H29N3O2S2/c1-3-24-30(27,28)18-10-11-23-21(17-18)19(20-7-4-5-9-22(20)29-23)8-6-12-26-15-13-25(2)14-16-26/h3-5,7,9-11,17,19,24H,1,6,8,12-16H2,2H3. The largest absolute Gasteiger partial charge is 0.304 e. The average molecular weight is 444 g/mol. The normalized spacial score (nSPS) is 19.7. The molecule has 1 N–H and O–H groups in total. The van der Waals surface area contributed by atoms with Gasteiger partial charge in [0.15, 0.2) is 0 Å². The smallest absolute Gasteiger partial charge is 0.261 e. The van der Waals surface area contributed by atoms with Crippen molar-refractivity contribution in [2.24, 2.45) is 0 Å². The Morgan fingerprint density at radius 1 is 1.10 bits per heavy atom. The van der Waals surface area contributed by atoms with Gasteiger partial charge >= 0.3 is 0 Å². The molecule has 1 saturated heterocycles. The number of hydrogen-bond donors (Lipinski definition) is 1. The number of sulfonamides is 1. The summed E-state index contributed by atoms with van der Waals surface area (Å²) in [5.74, 6) is 0.212. The number of fused-ring (bicyclic) bond motifs is 2. The lowest BCUT2D eigenvalue weighted by molar-refractivity contribution is 0.151. The van der Waals surface area contributed by atoms with E-state index in [9.17, 15) is 8.42 Å². The third-order valence-electron chi connectivity index (χ3n) is 5.98. The summed E-state index contributed by atoms with van der Waals surface area (Å²) in [7, 11) is -1.40. The van der Waals surface area contributed by atoms with Crippen molar-refractivity contribution in [3.63, 3.8) is 0 Å². The minimum atomic E-state index is -3.58. The quantitative estimate of drug-likeness (QED) is 0.707. The molecule has 2 aliphatic rings. The molecule has 0 saturated carbocycles. The summed E-state index contributed by atoms with van der Waals surface area (Å²) in [4.78, 5) is 7.63. The average Bonchev–Trinajstić information content (AvgIpc) is 2.74. The van der Waals surface area contributed by atoms with Crippen molar-refractivity contribution in [3.8, 4) is 0 Å². The SMILES string of the molecule is C=CNS(=O)(=O)c1ccc2c(c1)C(CCCN1CCN(C)CC1)c1ccccc1S2. The van der Waals surface area contributed by atoms with Crippen LogP contribution >= 0.6 is 11.8 Å². The second-order valence-corrected chi connectivity index (χ2v) is 10.8. The van der Waals surface area contributed by atoms with Gasteiger partial charge in [-0.3, -0.25) is 4.72 Å². The molecule has 0 bridgehead atoms. The number of hydrogen-bond acceptors (Lipinski definition) is 5. The number of rotatable bonds is 7. The van der Waals surface area contributed by atoms with Crippen molar-refractivity contribution in [2.75, 3.05) is 39.8 Å². The predicted octanol–water partition coefficient (Wildman–Crippen LogP) is 3.73. The summed E-state index contributed by atoms with van der Waals surface area (Å²) in [6.45, 7) is 9.09. The molecule has 4 rings (SSSR count). The maximum absolute atomic E-state index is 12.5. The molecule has 1 fully saturated rings. The lowest BCUT2D eigenvalue weighted by atomic mass is 9.87. The van der Waals surface area contributed by atoms with Gasteiger partial charge in [-0.2, -0.15) is 0 Å². The summed E-state index contributed by atoms with van der Waals surface area (Å²) in [5.41, 5.74) is 2.42. The fraction of sp³-hybridized carbons (Fsp3) is 0.391. The Balaban J connectivity index is 1.58. The summed E-state index contributed by atoms with van der Waals surface area (Å²) in [5, 5.41) is 0. The van der Waals surface area contributed by atoms with Crippen LogP contribution in [0.15, 0.2) is 69.9 Å². The van der Waals surface area contributed by atoms with Gasteiger partial charge in [0.2, 0.25) is 0 Å². The van der Waals surface area contributed by atoms with Crippen molar-refractivity contribution in [3.05, 3.63) is 66.4 Å². The Morgan fingerprint density at radius 3 is 2.60 bits per heavy atom. The fourth-order valence-electron chi connectivity index (χ4n) is 4.29. The van der Waals surface area contributed by atoms with Gasteiger partial charge in [-0.25, -0.2) is 8.42 Å². The van der Waals surface area contributed by atoms with Crippen LogP contribution in [0.2, 0.25) is 0 Å². The van der Waals surface area contributed by atoms with Crippen LogP contribution in [-0.4, -0.2) is 58.0 Å². The Hall–Kier alpha value is -1.80. The minimum absolute atomic E-state index is 0.212. The highest BCUT2D eigenvalue weighted by atomic mass is 32.2. The van der Waals surface area contributed by atoms with E-state index >= 15 is 0 Å². The van der Waals surface area contributed by atoms with Crippen LogP contribution in [0.5, 0.6) is 0 Å². The topological polar surface area (TPSA) is 52.7 Å². The van der Waals surface area contributed by atoms with Crippen molar-refractivity contribution in [1.29, 1.82) is 0 Å². The molecular weight excluding hydrogens is 414 g/mol. The van der Waals surface area contributed by atoms with Crippen molar-refractivity contribution in [2.45, 2.75) is 33.4 Å². The Morgan fingerprint density at radius 2 is 1.83 bits per heavy atom. The Labute approximate surface area is 184 Å². The number of likely N-dealkylation sites (N-methyl/N-ethyl adjacent to an activating group) is 1. The molecular formula is C23H29N3O2S2. The number of nitrogens with zero attached hydrogens (tertiary/aromatic N) is 2. The van der Waals surface area contributed by atoms with Crippen LogP contribution < -0.4 is 4.72 Å².